The number of methoxy groups -OCH3 is 1. The van der Waals surface area contributed by atoms with Gasteiger partial charge < -0.3 is 15.8 Å². The van der Waals surface area contributed by atoms with Crippen molar-refractivity contribution < 1.29 is 4.74 Å². The molecule has 0 unspecified atom stereocenters. The number of nitrogen functional groups attached to an aromatic ring is 1. The van der Waals surface area contributed by atoms with Crippen LogP contribution in [0.1, 0.15) is 0 Å². The van der Waals surface area contributed by atoms with Gasteiger partial charge in [-0.3, -0.25) is 4.98 Å². The summed E-state index contributed by atoms with van der Waals surface area (Å²) < 4.78 is 5.34. The first-order valence-electron chi connectivity index (χ1n) is 6.43. The summed E-state index contributed by atoms with van der Waals surface area (Å²) in [5, 5.41) is 4.84. The van der Waals surface area contributed by atoms with Crippen molar-refractivity contribution in [3.63, 3.8) is 0 Å². The van der Waals surface area contributed by atoms with Crippen molar-refractivity contribution in [1.82, 2.24) is 4.98 Å². The SMILES string of the molecule is COc1ccc(Cl)cc1Nc1ccc(N)c2cccnc12. The van der Waals surface area contributed by atoms with E-state index in [1.165, 1.54) is 0 Å². The number of aromatic nitrogens is 1. The minimum Gasteiger partial charge on any atom is -0.495 e. The monoisotopic (exact) mass is 299 g/mol. The van der Waals surface area contributed by atoms with Gasteiger partial charge in [-0.25, -0.2) is 0 Å². The Morgan fingerprint density at radius 3 is 2.81 bits per heavy atom. The van der Waals surface area contributed by atoms with Crippen molar-refractivity contribution in [2.24, 2.45) is 0 Å². The van der Waals surface area contributed by atoms with E-state index in [1.54, 1.807) is 19.4 Å². The predicted molar refractivity (Wildman–Crippen MR) is 87.4 cm³/mol. The second kappa shape index (κ2) is 5.50. The normalized spacial score (nSPS) is 10.6. The standard InChI is InChI=1S/C16H14ClN3O/c1-21-15-7-4-10(17)9-14(15)20-13-6-5-12(18)11-3-2-8-19-16(11)13/h2-9,20H,18H2,1H3. The number of fused-ring (bicyclic) bond motifs is 1. The molecular weight excluding hydrogens is 286 g/mol. The van der Waals surface area contributed by atoms with Crippen molar-refractivity contribution in [3.8, 4) is 5.75 Å². The maximum atomic E-state index is 6.05. The fourth-order valence-corrected chi connectivity index (χ4v) is 2.39. The molecule has 1 heterocycles. The van der Waals surface area contributed by atoms with E-state index >= 15 is 0 Å². The van der Waals surface area contributed by atoms with Gasteiger partial charge in [0, 0.05) is 22.3 Å². The summed E-state index contributed by atoms with van der Waals surface area (Å²) in [6.45, 7) is 0. The van der Waals surface area contributed by atoms with Crippen LogP contribution in [0.2, 0.25) is 5.02 Å². The molecule has 0 radical (unpaired) electrons. The molecule has 0 aliphatic rings. The van der Waals surface area contributed by atoms with E-state index in [2.05, 4.69) is 10.3 Å². The lowest BCUT2D eigenvalue weighted by Crippen LogP contribution is -1.97. The Labute approximate surface area is 127 Å². The third-order valence-corrected chi connectivity index (χ3v) is 3.47. The number of anilines is 3. The zero-order valence-corrected chi connectivity index (χ0v) is 12.2. The number of ether oxygens (including phenoxy) is 1. The Morgan fingerprint density at radius 1 is 1.14 bits per heavy atom. The molecule has 0 bridgehead atoms. The zero-order valence-electron chi connectivity index (χ0n) is 11.4. The van der Waals surface area contributed by atoms with Crippen molar-refractivity contribution >= 4 is 39.6 Å². The molecule has 1 aromatic heterocycles. The summed E-state index contributed by atoms with van der Waals surface area (Å²) in [6, 6.07) is 13.0. The molecule has 0 spiro atoms. The van der Waals surface area contributed by atoms with Crippen LogP contribution in [0.15, 0.2) is 48.7 Å². The largest absolute Gasteiger partial charge is 0.495 e. The van der Waals surface area contributed by atoms with E-state index in [0.29, 0.717) is 16.5 Å². The number of nitrogens with one attached hydrogen (secondary N) is 1. The predicted octanol–water partition coefficient (Wildman–Crippen LogP) is 4.22. The van der Waals surface area contributed by atoms with E-state index in [9.17, 15) is 0 Å². The minimum absolute atomic E-state index is 0.631. The van der Waals surface area contributed by atoms with Crippen LogP contribution in [-0.4, -0.2) is 12.1 Å². The number of rotatable bonds is 3. The molecule has 0 amide bonds. The van der Waals surface area contributed by atoms with Gasteiger partial charge in [-0.2, -0.15) is 0 Å². The molecule has 4 nitrogen and oxygen atoms in total. The van der Waals surface area contributed by atoms with E-state index < -0.39 is 0 Å². The first-order valence-corrected chi connectivity index (χ1v) is 6.80. The van der Waals surface area contributed by atoms with Gasteiger partial charge in [0.1, 0.15) is 5.75 Å². The average molecular weight is 300 g/mol. The van der Waals surface area contributed by atoms with Crippen molar-refractivity contribution in [2.75, 3.05) is 18.2 Å². The van der Waals surface area contributed by atoms with Crippen LogP contribution in [-0.2, 0) is 0 Å². The Kier molecular flexibility index (Phi) is 3.54. The van der Waals surface area contributed by atoms with Crippen LogP contribution in [0.25, 0.3) is 10.9 Å². The Bertz CT molecular complexity index is 805. The number of hydrogen-bond donors (Lipinski definition) is 2. The quantitative estimate of drug-likeness (QED) is 0.711. The molecule has 106 valence electrons. The molecule has 3 rings (SSSR count). The number of hydrogen-bond acceptors (Lipinski definition) is 4. The number of pyridine rings is 1. The fraction of sp³-hybridized carbons (Fsp3) is 0.0625. The molecule has 0 aliphatic carbocycles. The maximum Gasteiger partial charge on any atom is 0.142 e. The molecule has 0 saturated heterocycles. The highest BCUT2D eigenvalue weighted by Gasteiger charge is 2.09. The topological polar surface area (TPSA) is 60.2 Å². The summed E-state index contributed by atoms with van der Waals surface area (Å²) in [4.78, 5) is 4.40. The van der Waals surface area contributed by atoms with E-state index in [1.807, 2.05) is 36.4 Å². The second-order valence-corrected chi connectivity index (χ2v) is 5.01. The maximum absolute atomic E-state index is 6.05. The van der Waals surface area contributed by atoms with Crippen LogP contribution >= 0.6 is 11.6 Å². The van der Waals surface area contributed by atoms with Crippen molar-refractivity contribution in [1.29, 1.82) is 0 Å². The van der Waals surface area contributed by atoms with Crippen LogP contribution < -0.4 is 15.8 Å². The third kappa shape index (κ3) is 2.58. The lowest BCUT2D eigenvalue weighted by molar-refractivity contribution is 0.417. The molecule has 3 aromatic rings. The van der Waals surface area contributed by atoms with Crippen molar-refractivity contribution in [3.05, 3.63) is 53.7 Å². The molecule has 21 heavy (non-hydrogen) atoms. The summed E-state index contributed by atoms with van der Waals surface area (Å²) in [7, 11) is 1.62. The van der Waals surface area contributed by atoms with Gasteiger partial charge in [0.2, 0.25) is 0 Å². The number of nitrogens with two attached hydrogens (primary N) is 1. The molecule has 5 heteroatoms. The van der Waals surface area contributed by atoms with Gasteiger partial charge >= 0.3 is 0 Å². The highest BCUT2D eigenvalue weighted by Crippen LogP contribution is 2.34. The lowest BCUT2D eigenvalue weighted by Gasteiger charge is -2.13. The van der Waals surface area contributed by atoms with Crippen LogP contribution in [0.3, 0.4) is 0 Å². The molecule has 3 N–H and O–H groups in total. The Hall–Kier alpha value is -2.46. The third-order valence-electron chi connectivity index (χ3n) is 3.23. The first kappa shape index (κ1) is 13.5. The zero-order chi connectivity index (χ0) is 14.8. The lowest BCUT2D eigenvalue weighted by atomic mass is 10.1. The van der Waals surface area contributed by atoms with E-state index in [-0.39, 0.29) is 0 Å². The average Bonchev–Trinajstić information content (AvgIpc) is 2.51. The smallest absolute Gasteiger partial charge is 0.142 e. The van der Waals surface area contributed by atoms with Crippen LogP contribution in [0.4, 0.5) is 17.1 Å². The Balaban J connectivity index is 2.11. The number of halogens is 1. The van der Waals surface area contributed by atoms with Gasteiger partial charge in [0.25, 0.3) is 0 Å². The van der Waals surface area contributed by atoms with Gasteiger partial charge in [0.15, 0.2) is 0 Å². The minimum atomic E-state index is 0.631. The summed E-state index contributed by atoms with van der Waals surface area (Å²) >= 11 is 6.05. The van der Waals surface area contributed by atoms with Crippen molar-refractivity contribution in [2.45, 2.75) is 0 Å². The summed E-state index contributed by atoms with van der Waals surface area (Å²) in [6.07, 6.45) is 1.74. The second-order valence-electron chi connectivity index (χ2n) is 4.57. The van der Waals surface area contributed by atoms with Gasteiger partial charge in [-0.1, -0.05) is 11.6 Å². The van der Waals surface area contributed by atoms with Gasteiger partial charge in [-0.15, -0.1) is 0 Å². The summed E-state index contributed by atoms with van der Waals surface area (Å²) in [5.74, 6) is 0.709. The molecule has 0 aliphatic heterocycles. The van der Waals surface area contributed by atoms with Gasteiger partial charge in [-0.05, 0) is 42.5 Å². The Morgan fingerprint density at radius 2 is 2.00 bits per heavy atom. The molecule has 0 saturated carbocycles. The first-order chi connectivity index (χ1) is 10.2. The van der Waals surface area contributed by atoms with E-state index in [4.69, 9.17) is 22.1 Å². The fourth-order valence-electron chi connectivity index (χ4n) is 2.22. The molecule has 0 fully saturated rings. The highest BCUT2D eigenvalue weighted by molar-refractivity contribution is 6.31. The number of nitrogens with zero attached hydrogens (tertiary/aromatic N) is 1. The highest BCUT2D eigenvalue weighted by atomic mass is 35.5. The van der Waals surface area contributed by atoms with Crippen LogP contribution in [0.5, 0.6) is 5.75 Å². The van der Waals surface area contributed by atoms with E-state index in [0.717, 1.165) is 22.3 Å². The molecular formula is C16H14ClN3O. The van der Waals surface area contributed by atoms with Crippen LogP contribution in [0, 0.1) is 0 Å². The summed E-state index contributed by atoms with van der Waals surface area (Å²) in [5.41, 5.74) is 9.11. The number of benzene rings is 2. The molecule has 2 aromatic carbocycles. The van der Waals surface area contributed by atoms with Gasteiger partial charge in [0.05, 0.1) is 24.0 Å². The molecule has 0 atom stereocenters.